The van der Waals surface area contributed by atoms with E-state index in [9.17, 15) is 21.6 Å². The summed E-state index contributed by atoms with van der Waals surface area (Å²) in [4.78, 5) is 12.4. The fraction of sp³-hybridized carbons (Fsp3) is 0.0500. The van der Waals surface area contributed by atoms with Gasteiger partial charge in [-0.2, -0.15) is 0 Å². The molecule has 31 heavy (non-hydrogen) atoms. The number of carbonyl (C=O) groups is 1. The summed E-state index contributed by atoms with van der Waals surface area (Å²) in [5.74, 6) is -0.430. The summed E-state index contributed by atoms with van der Waals surface area (Å²) in [5, 5.41) is 3.14. The van der Waals surface area contributed by atoms with Crippen LogP contribution in [0.4, 0.5) is 17.1 Å². The molecule has 11 heteroatoms. The first-order valence-corrected chi connectivity index (χ1v) is 12.5. The van der Waals surface area contributed by atoms with Gasteiger partial charge in [0.05, 0.1) is 11.2 Å². The van der Waals surface area contributed by atoms with Crippen LogP contribution in [-0.2, 0) is 20.0 Å². The van der Waals surface area contributed by atoms with Crippen molar-refractivity contribution in [1.82, 2.24) is 0 Å². The third kappa shape index (κ3) is 6.45. The Morgan fingerprint density at radius 2 is 1.19 bits per heavy atom. The number of anilines is 3. The lowest BCUT2D eigenvalue weighted by atomic mass is 10.2. The predicted molar refractivity (Wildman–Crippen MR) is 122 cm³/mol. The summed E-state index contributed by atoms with van der Waals surface area (Å²) in [5.41, 5.74) is 1.41. The maximum absolute atomic E-state index is 12.5. The summed E-state index contributed by atoms with van der Waals surface area (Å²) in [6.45, 7) is 0. The summed E-state index contributed by atoms with van der Waals surface area (Å²) in [6.07, 6.45) is 1.03. The van der Waals surface area contributed by atoms with Gasteiger partial charge in [-0.3, -0.25) is 14.2 Å². The van der Waals surface area contributed by atoms with Crippen LogP contribution in [0.2, 0.25) is 5.02 Å². The van der Waals surface area contributed by atoms with Crippen molar-refractivity contribution in [2.75, 3.05) is 21.0 Å². The summed E-state index contributed by atoms with van der Waals surface area (Å²) in [7, 11) is -7.21. The van der Waals surface area contributed by atoms with Crippen molar-refractivity contribution in [3.63, 3.8) is 0 Å². The minimum Gasteiger partial charge on any atom is -0.322 e. The zero-order chi connectivity index (χ0) is 22.6. The molecule has 0 radical (unpaired) electrons. The minimum absolute atomic E-state index is 0.0247. The fourth-order valence-corrected chi connectivity index (χ4v) is 4.31. The van der Waals surface area contributed by atoms with E-state index in [-0.39, 0.29) is 4.90 Å². The molecule has 0 aromatic heterocycles. The molecule has 8 nitrogen and oxygen atoms in total. The molecule has 0 heterocycles. The van der Waals surface area contributed by atoms with Gasteiger partial charge in [0.25, 0.3) is 15.9 Å². The third-order valence-corrected chi connectivity index (χ3v) is 6.22. The minimum atomic E-state index is -3.81. The molecule has 0 bridgehead atoms. The smallest absolute Gasteiger partial charge is 0.261 e. The van der Waals surface area contributed by atoms with E-state index in [2.05, 4.69) is 14.8 Å². The van der Waals surface area contributed by atoms with Crippen molar-refractivity contribution in [3.05, 3.63) is 83.4 Å². The van der Waals surface area contributed by atoms with Crippen LogP contribution >= 0.6 is 11.6 Å². The lowest BCUT2D eigenvalue weighted by molar-refractivity contribution is 0.102. The maximum atomic E-state index is 12.5. The summed E-state index contributed by atoms with van der Waals surface area (Å²) < 4.78 is 52.2. The fourth-order valence-electron chi connectivity index (χ4n) is 2.56. The molecule has 1 amide bonds. The number of rotatable bonds is 7. The molecule has 0 aliphatic rings. The van der Waals surface area contributed by atoms with Gasteiger partial charge in [0.2, 0.25) is 10.0 Å². The van der Waals surface area contributed by atoms with Crippen LogP contribution in [0.25, 0.3) is 0 Å². The van der Waals surface area contributed by atoms with E-state index in [1.165, 1.54) is 48.5 Å². The summed E-state index contributed by atoms with van der Waals surface area (Å²) in [6, 6.07) is 17.8. The Hall–Kier alpha value is -3.08. The molecule has 0 aliphatic carbocycles. The number of amides is 1. The quantitative estimate of drug-likeness (QED) is 0.476. The number of halogens is 1. The second kappa shape index (κ2) is 8.96. The van der Waals surface area contributed by atoms with Gasteiger partial charge in [0.15, 0.2) is 0 Å². The Kier molecular flexibility index (Phi) is 6.54. The van der Waals surface area contributed by atoms with Gasteiger partial charge in [0.1, 0.15) is 0 Å². The van der Waals surface area contributed by atoms with Crippen molar-refractivity contribution in [3.8, 4) is 0 Å². The van der Waals surface area contributed by atoms with Crippen LogP contribution in [0, 0.1) is 0 Å². The number of sulfonamides is 2. The Morgan fingerprint density at radius 1 is 0.710 bits per heavy atom. The molecule has 3 aromatic rings. The highest BCUT2D eigenvalue weighted by Crippen LogP contribution is 2.20. The lowest BCUT2D eigenvalue weighted by Crippen LogP contribution is -2.14. The average Bonchev–Trinajstić information content (AvgIpc) is 2.69. The van der Waals surface area contributed by atoms with E-state index in [1.807, 2.05) is 0 Å². The second-order valence-corrected chi connectivity index (χ2v) is 10.4. The normalized spacial score (nSPS) is 11.5. The first-order chi connectivity index (χ1) is 14.5. The Morgan fingerprint density at radius 3 is 1.74 bits per heavy atom. The van der Waals surface area contributed by atoms with Gasteiger partial charge in [-0.15, -0.1) is 0 Å². The Balaban J connectivity index is 1.67. The van der Waals surface area contributed by atoms with E-state index in [0.29, 0.717) is 27.6 Å². The van der Waals surface area contributed by atoms with Gasteiger partial charge in [-0.25, -0.2) is 16.8 Å². The van der Waals surface area contributed by atoms with Crippen molar-refractivity contribution in [2.24, 2.45) is 0 Å². The third-order valence-electron chi connectivity index (χ3n) is 3.97. The highest BCUT2D eigenvalue weighted by Gasteiger charge is 2.15. The Labute approximate surface area is 185 Å². The van der Waals surface area contributed by atoms with Gasteiger partial charge in [-0.1, -0.05) is 11.6 Å². The molecule has 3 N–H and O–H groups in total. The zero-order valence-corrected chi connectivity index (χ0v) is 18.6. The van der Waals surface area contributed by atoms with E-state index >= 15 is 0 Å². The van der Waals surface area contributed by atoms with E-state index < -0.39 is 26.0 Å². The molecule has 0 saturated carbocycles. The molecular weight excluding hydrogens is 462 g/mol. The standard InChI is InChI=1S/C20H18ClN3O5S2/c1-30(26,27)23-17-6-2-14(3-7-17)20(25)22-16-10-12-19(13-11-16)31(28,29)24-18-8-4-15(21)5-9-18/h2-13,23-24H,1H3,(H,22,25). The number of benzene rings is 3. The van der Waals surface area contributed by atoms with Crippen molar-refractivity contribution in [2.45, 2.75) is 4.90 Å². The predicted octanol–water partition coefficient (Wildman–Crippen LogP) is 3.76. The molecular formula is C20H18ClN3O5S2. The molecule has 0 spiro atoms. The average molecular weight is 480 g/mol. The molecule has 0 aliphatic heterocycles. The highest BCUT2D eigenvalue weighted by molar-refractivity contribution is 7.92. The molecule has 0 unspecified atom stereocenters. The van der Waals surface area contributed by atoms with Crippen molar-refractivity contribution >= 4 is 54.6 Å². The number of carbonyl (C=O) groups excluding carboxylic acids is 1. The largest absolute Gasteiger partial charge is 0.322 e. The molecule has 162 valence electrons. The molecule has 0 saturated heterocycles. The zero-order valence-electron chi connectivity index (χ0n) is 16.2. The van der Waals surface area contributed by atoms with Crippen LogP contribution < -0.4 is 14.8 Å². The number of nitrogens with one attached hydrogen (secondary N) is 3. The first-order valence-electron chi connectivity index (χ1n) is 8.79. The molecule has 0 fully saturated rings. The van der Waals surface area contributed by atoms with Crippen LogP contribution in [0.3, 0.4) is 0 Å². The number of hydrogen-bond acceptors (Lipinski definition) is 5. The highest BCUT2D eigenvalue weighted by atomic mass is 35.5. The molecule has 0 atom stereocenters. The second-order valence-electron chi connectivity index (χ2n) is 6.54. The van der Waals surface area contributed by atoms with E-state index in [1.54, 1.807) is 24.3 Å². The lowest BCUT2D eigenvalue weighted by Gasteiger charge is -2.10. The summed E-state index contributed by atoms with van der Waals surface area (Å²) >= 11 is 5.80. The van der Waals surface area contributed by atoms with Crippen molar-refractivity contribution in [1.29, 1.82) is 0 Å². The van der Waals surface area contributed by atoms with Gasteiger partial charge < -0.3 is 5.32 Å². The van der Waals surface area contributed by atoms with Crippen LogP contribution in [-0.4, -0.2) is 29.0 Å². The Bertz CT molecular complexity index is 1290. The van der Waals surface area contributed by atoms with E-state index in [0.717, 1.165) is 6.26 Å². The molecule has 3 aromatic carbocycles. The van der Waals surface area contributed by atoms with E-state index in [4.69, 9.17) is 11.6 Å². The number of hydrogen-bond donors (Lipinski definition) is 3. The van der Waals surface area contributed by atoms with Gasteiger partial charge >= 0.3 is 0 Å². The van der Waals surface area contributed by atoms with Crippen LogP contribution in [0.15, 0.2) is 77.7 Å². The van der Waals surface area contributed by atoms with Crippen LogP contribution in [0.5, 0.6) is 0 Å². The van der Waals surface area contributed by atoms with Crippen LogP contribution in [0.1, 0.15) is 10.4 Å². The van der Waals surface area contributed by atoms with Gasteiger partial charge in [-0.05, 0) is 72.8 Å². The topological polar surface area (TPSA) is 121 Å². The van der Waals surface area contributed by atoms with Gasteiger partial charge in [0, 0.05) is 27.6 Å². The first kappa shape index (κ1) is 22.6. The molecule has 3 rings (SSSR count). The van der Waals surface area contributed by atoms with Crippen molar-refractivity contribution < 1.29 is 21.6 Å². The SMILES string of the molecule is CS(=O)(=O)Nc1ccc(C(=O)Nc2ccc(S(=O)(=O)Nc3ccc(Cl)cc3)cc2)cc1. The monoisotopic (exact) mass is 479 g/mol. The maximum Gasteiger partial charge on any atom is 0.261 e.